The Bertz CT molecular complexity index is 1370. The van der Waals surface area contributed by atoms with Crippen LogP contribution in [-0.2, 0) is 9.53 Å². The van der Waals surface area contributed by atoms with Gasteiger partial charge in [0.15, 0.2) is 0 Å². The summed E-state index contributed by atoms with van der Waals surface area (Å²) in [5, 5.41) is 3.18. The fraction of sp³-hybridized carbons (Fsp3) is 0.259. The lowest BCUT2D eigenvalue weighted by Gasteiger charge is -2.06. The second-order valence-electron chi connectivity index (χ2n) is 8.05. The third-order valence-corrected chi connectivity index (χ3v) is 5.40. The minimum atomic E-state index is -0.416. The number of ether oxygens (including phenoxy) is 1. The highest BCUT2D eigenvalue weighted by Crippen LogP contribution is 2.06. The number of hydrogen-bond acceptors (Lipinski definition) is 5. The van der Waals surface area contributed by atoms with Crippen LogP contribution in [0.4, 0.5) is 0 Å². The molecule has 3 aromatic rings. The maximum Gasteiger partial charge on any atom is 0.305 e. The van der Waals surface area contributed by atoms with Gasteiger partial charge in [-0.15, -0.1) is 0 Å². The molecule has 3 rings (SSSR count). The van der Waals surface area contributed by atoms with Gasteiger partial charge in [-0.25, -0.2) is 0 Å². The van der Waals surface area contributed by atoms with Crippen molar-refractivity contribution in [3.05, 3.63) is 103 Å². The van der Waals surface area contributed by atoms with Crippen molar-refractivity contribution >= 4 is 24.0 Å². The first-order valence-electron chi connectivity index (χ1n) is 11.5. The third-order valence-electron chi connectivity index (χ3n) is 5.40. The van der Waals surface area contributed by atoms with Gasteiger partial charge in [-0.05, 0) is 48.3 Å². The topological polar surface area (TPSA) is 121 Å². The minimum absolute atomic E-state index is 0.129. The Morgan fingerprint density at radius 2 is 1.37 bits per heavy atom. The van der Waals surface area contributed by atoms with Crippen molar-refractivity contribution in [2.45, 2.75) is 32.1 Å². The van der Waals surface area contributed by atoms with E-state index >= 15 is 0 Å². The highest BCUT2D eigenvalue weighted by Gasteiger charge is 2.05. The van der Waals surface area contributed by atoms with E-state index < -0.39 is 11.1 Å². The third kappa shape index (κ3) is 7.96. The highest BCUT2D eigenvalue weighted by atomic mass is 16.5. The molecule has 0 aliphatic rings. The molecular formula is C27H29N3O5. The first-order chi connectivity index (χ1) is 17.0. The predicted molar refractivity (Wildman–Crippen MR) is 134 cm³/mol. The molecule has 0 bridgehead atoms. The predicted octanol–water partition coefficient (Wildman–Crippen LogP) is 1.57. The monoisotopic (exact) mass is 475 g/mol. The number of methoxy groups -OCH3 is 1. The SMILES string of the molecule is COC(=O)CCCCCCNC(=O)c1ccc(/C=c2\[nH]c(=O)/c(=C/c3ccccc3)[nH]c2=O)cc1. The first-order valence-corrected chi connectivity index (χ1v) is 11.5. The number of nitrogens with one attached hydrogen (secondary N) is 3. The van der Waals surface area contributed by atoms with Gasteiger partial charge in [0, 0.05) is 18.5 Å². The Hall–Kier alpha value is -4.20. The summed E-state index contributed by atoms with van der Waals surface area (Å²) < 4.78 is 4.60. The summed E-state index contributed by atoms with van der Waals surface area (Å²) in [6.45, 7) is 0.549. The fourth-order valence-corrected chi connectivity index (χ4v) is 3.46. The van der Waals surface area contributed by atoms with Gasteiger partial charge < -0.3 is 20.0 Å². The van der Waals surface area contributed by atoms with Gasteiger partial charge in [0.1, 0.15) is 10.7 Å². The van der Waals surface area contributed by atoms with Crippen LogP contribution in [0.3, 0.4) is 0 Å². The van der Waals surface area contributed by atoms with E-state index in [1.54, 1.807) is 36.4 Å². The molecule has 0 aliphatic heterocycles. The largest absolute Gasteiger partial charge is 0.469 e. The van der Waals surface area contributed by atoms with E-state index in [-0.39, 0.29) is 22.6 Å². The molecule has 0 aliphatic carbocycles. The Balaban J connectivity index is 1.58. The molecule has 3 N–H and O–H groups in total. The van der Waals surface area contributed by atoms with Gasteiger partial charge in [-0.2, -0.15) is 0 Å². The number of carbonyl (C=O) groups excluding carboxylic acids is 2. The van der Waals surface area contributed by atoms with E-state index in [4.69, 9.17) is 0 Å². The molecule has 8 nitrogen and oxygen atoms in total. The molecule has 1 amide bonds. The molecule has 1 heterocycles. The summed E-state index contributed by atoms with van der Waals surface area (Å²) in [6.07, 6.45) is 7.01. The summed E-state index contributed by atoms with van der Waals surface area (Å²) in [7, 11) is 1.38. The summed E-state index contributed by atoms with van der Waals surface area (Å²) in [5.74, 6) is -0.383. The number of H-pyrrole nitrogens is 2. The molecule has 1 aromatic heterocycles. The number of aromatic nitrogens is 2. The van der Waals surface area contributed by atoms with Crippen molar-refractivity contribution in [3.63, 3.8) is 0 Å². The van der Waals surface area contributed by atoms with Gasteiger partial charge >= 0.3 is 5.97 Å². The number of carbonyl (C=O) groups is 2. The van der Waals surface area contributed by atoms with Crippen LogP contribution in [0, 0.1) is 0 Å². The number of unbranched alkanes of at least 4 members (excludes halogenated alkanes) is 3. The van der Waals surface area contributed by atoms with Crippen LogP contribution in [0.5, 0.6) is 0 Å². The van der Waals surface area contributed by atoms with Crippen LogP contribution in [0.15, 0.2) is 64.2 Å². The summed E-state index contributed by atoms with van der Waals surface area (Å²) in [6, 6.07) is 16.0. The van der Waals surface area contributed by atoms with Crippen LogP contribution >= 0.6 is 0 Å². The lowest BCUT2D eigenvalue weighted by Crippen LogP contribution is -2.46. The van der Waals surface area contributed by atoms with Crippen molar-refractivity contribution in [1.29, 1.82) is 0 Å². The average Bonchev–Trinajstić information content (AvgIpc) is 2.87. The van der Waals surface area contributed by atoms with E-state index in [0.717, 1.165) is 31.2 Å². The first kappa shape index (κ1) is 25.4. The molecule has 0 spiro atoms. The summed E-state index contributed by atoms with van der Waals surface area (Å²) >= 11 is 0. The molecular weight excluding hydrogens is 446 g/mol. The zero-order valence-electron chi connectivity index (χ0n) is 19.6. The van der Waals surface area contributed by atoms with Crippen LogP contribution in [0.1, 0.15) is 53.6 Å². The van der Waals surface area contributed by atoms with E-state index in [1.807, 2.05) is 30.3 Å². The van der Waals surface area contributed by atoms with Gasteiger partial charge in [0.25, 0.3) is 17.0 Å². The average molecular weight is 476 g/mol. The summed E-state index contributed by atoms with van der Waals surface area (Å²) in [4.78, 5) is 53.5. The maximum absolute atomic E-state index is 12.5. The molecule has 2 aromatic carbocycles. The van der Waals surface area contributed by atoms with Crippen LogP contribution in [0.2, 0.25) is 0 Å². The summed E-state index contributed by atoms with van der Waals surface area (Å²) in [5.41, 5.74) is 1.16. The van der Waals surface area contributed by atoms with E-state index in [9.17, 15) is 19.2 Å². The number of esters is 1. The minimum Gasteiger partial charge on any atom is -0.469 e. The van der Waals surface area contributed by atoms with E-state index in [1.165, 1.54) is 7.11 Å². The second kappa shape index (κ2) is 12.9. The highest BCUT2D eigenvalue weighted by molar-refractivity contribution is 5.94. The quantitative estimate of drug-likeness (QED) is 0.304. The van der Waals surface area contributed by atoms with Crippen molar-refractivity contribution < 1.29 is 14.3 Å². The van der Waals surface area contributed by atoms with Gasteiger partial charge in [0.2, 0.25) is 0 Å². The van der Waals surface area contributed by atoms with Crippen molar-refractivity contribution in [1.82, 2.24) is 15.3 Å². The van der Waals surface area contributed by atoms with Crippen LogP contribution in [-0.4, -0.2) is 35.5 Å². The van der Waals surface area contributed by atoms with Crippen LogP contribution < -0.4 is 27.1 Å². The molecule has 182 valence electrons. The van der Waals surface area contributed by atoms with Crippen LogP contribution in [0.25, 0.3) is 12.2 Å². The number of hydrogen-bond donors (Lipinski definition) is 3. The second-order valence-corrected chi connectivity index (χ2v) is 8.05. The Morgan fingerprint density at radius 1 is 0.800 bits per heavy atom. The molecule has 0 radical (unpaired) electrons. The van der Waals surface area contributed by atoms with Gasteiger partial charge in [-0.1, -0.05) is 55.3 Å². The van der Waals surface area contributed by atoms with E-state index in [2.05, 4.69) is 20.0 Å². The maximum atomic E-state index is 12.5. The fourth-order valence-electron chi connectivity index (χ4n) is 3.46. The zero-order valence-corrected chi connectivity index (χ0v) is 19.6. The molecule has 0 saturated carbocycles. The number of aromatic amines is 2. The Morgan fingerprint density at radius 3 is 1.97 bits per heavy atom. The molecule has 35 heavy (non-hydrogen) atoms. The lowest BCUT2D eigenvalue weighted by atomic mass is 10.1. The zero-order chi connectivity index (χ0) is 25.0. The van der Waals surface area contributed by atoms with Crippen molar-refractivity contribution in [3.8, 4) is 0 Å². The number of benzene rings is 2. The molecule has 8 heteroatoms. The molecule has 0 saturated heterocycles. The molecule has 0 atom stereocenters. The van der Waals surface area contributed by atoms with Crippen molar-refractivity contribution in [2.24, 2.45) is 0 Å². The number of rotatable bonds is 10. The molecule has 0 fully saturated rings. The smallest absolute Gasteiger partial charge is 0.305 e. The standard InChI is InChI=1S/C27H29N3O5/c1-35-24(31)11-7-2-3-8-16-28-25(32)21-14-12-20(13-15-21)18-23-27(34)29-22(26(33)30-23)17-19-9-5-4-6-10-19/h4-6,9-10,12-15,17-18H,2-3,7-8,11,16H2,1H3,(H,28,32)(H,29,34)(H,30,33)/b22-17-,23-18-. The Labute approximate surface area is 202 Å². The lowest BCUT2D eigenvalue weighted by molar-refractivity contribution is -0.140. The van der Waals surface area contributed by atoms with Gasteiger partial charge in [0.05, 0.1) is 7.11 Å². The molecule has 0 unspecified atom stereocenters. The normalized spacial score (nSPS) is 11.9. The van der Waals surface area contributed by atoms with Gasteiger partial charge in [-0.3, -0.25) is 19.2 Å². The van der Waals surface area contributed by atoms with Crippen molar-refractivity contribution in [2.75, 3.05) is 13.7 Å². The van der Waals surface area contributed by atoms with E-state index in [0.29, 0.717) is 24.1 Å². The Kier molecular flexibility index (Phi) is 9.36. The number of amides is 1.